The lowest BCUT2D eigenvalue weighted by Crippen LogP contribution is -2.37. The minimum atomic E-state index is 0. The first kappa shape index (κ1) is 22.7. The number of halogens is 1. The van der Waals surface area contributed by atoms with Crippen molar-refractivity contribution in [2.24, 2.45) is 4.99 Å². The van der Waals surface area contributed by atoms with E-state index in [1.54, 1.807) is 13.3 Å². The molecule has 4 aromatic rings. The summed E-state index contributed by atoms with van der Waals surface area (Å²) < 4.78 is 5.62. The summed E-state index contributed by atoms with van der Waals surface area (Å²) in [6, 6.07) is 18.5. The van der Waals surface area contributed by atoms with Gasteiger partial charge in [-0.25, -0.2) is 4.98 Å². The first-order valence-electron chi connectivity index (χ1n) is 10.0. The quantitative estimate of drug-likeness (QED) is 0.216. The van der Waals surface area contributed by atoms with E-state index >= 15 is 0 Å². The maximum atomic E-state index is 5.62. The molecule has 2 aromatic heterocycles. The SMILES string of the molecule is CN=C(NCCc1cccc2cccnc12)NCc1coc(-c2ccc(C)cc2)n1.I. The fraction of sp³-hybridized carbons (Fsp3) is 0.208. The molecular weight excluding hydrogens is 501 g/mol. The topological polar surface area (TPSA) is 75.3 Å². The highest BCUT2D eigenvalue weighted by Gasteiger charge is 2.08. The number of para-hydroxylation sites is 1. The van der Waals surface area contributed by atoms with Gasteiger partial charge in [0.05, 0.1) is 17.8 Å². The number of benzene rings is 2. The summed E-state index contributed by atoms with van der Waals surface area (Å²) in [7, 11) is 1.76. The van der Waals surface area contributed by atoms with E-state index in [1.807, 2.05) is 24.4 Å². The van der Waals surface area contributed by atoms with Crippen LogP contribution in [0.1, 0.15) is 16.8 Å². The minimum Gasteiger partial charge on any atom is -0.444 e. The van der Waals surface area contributed by atoms with E-state index in [0.717, 1.165) is 41.1 Å². The van der Waals surface area contributed by atoms with Crippen LogP contribution in [0.4, 0.5) is 0 Å². The lowest BCUT2D eigenvalue weighted by molar-refractivity contribution is 0.572. The van der Waals surface area contributed by atoms with Gasteiger partial charge in [-0.15, -0.1) is 24.0 Å². The molecule has 2 aromatic carbocycles. The van der Waals surface area contributed by atoms with Crippen LogP contribution in [-0.2, 0) is 13.0 Å². The number of nitrogens with one attached hydrogen (secondary N) is 2. The summed E-state index contributed by atoms with van der Waals surface area (Å²) in [6.45, 7) is 3.34. The number of rotatable bonds is 6. The van der Waals surface area contributed by atoms with E-state index in [-0.39, 0.29) is 24.0 Å². The van der Waals surface area contributed by atoms with Gasteiger partial charge in [-0.3, -0.25) is 9.98 Å². The molecule has 0 aliphatic carbocycles. The fourth-order valence-corrected chi connectivity index (χ4v) is 3.30. The second kappa shape index (κ2) is 10.9. The van der Waals surface area contributed by atoms with Crippen molar-refractivity contribution in [3.8, 4) is 11.5 Å². The van der Waals surface area contributed by atoms with E-state index in [1.165, 1.54) is 11.1 Å². The summed E-state index contributed by atoms with van der Waals surface area (Å²) >= 11 is 0. The third-order valence-corrected chi connectivity index (χ3v) is 4.91. The molecule has 160 valence electrons. The maximum Gasteiger partial charge on any atom is 0.226 e. The predicted molar refractivity (Wildman–Crippen MR) is 136 cm³/mol. The Labute approximate surface area is 199 Å². The Morgan fingerprint density at radius 2 is 1.84 bits per heavy atom. The number of aliphatic imine (C=N–C) groups is 1. The third-order valence-electron chi connectivity index (χ3n) is 4.91. The summed E-state index contributed by atoms with van der Waals surface area (Å²) in [5, 5.41) is 7.79. The molecule has 0 saturated carbocycles. The zero-order valence-electron chi connectivity index (χ0n) is 17.6. The Hall–Kier alpha value is -2.94. The highest BCUT2D eigenvalue weighted by atomic mass is 127. The molecule has 0 unspecified atom stereocenters. The lowest BCUT2D eigenvalue weighted by atomic mass is 10.1. The standard InChI is InChI=1S/C24H25N5O.HI/c1-17-8-10-20(11-9-17)23-29-21(16-30-23)15-28-24(25-2)27-14-12-19-6-3-5-18-7-4-13-26-22(18)19;/h3-11,13,16H,12,14-15H2,1-2H3,(H2,25,27,28);1H. The van der Waals surface area contributed by atoms with E-state index in [4.69, 9.17) is 4.42 Å². The Kier molecular flexibility index (Phi) is 8.00. The van der Waals surface area contributed by atoms with Crippen molar-refractivity contribution in [1.82, 2.24) is 20.6 Å². The van der Waals surface area contributed by atoms with E-state index in [0.29, 0.717) is 12.4 Å². The molecule has 0 aliphatic heterocycles. The van der Waals surface area contributed by atoms with Crippen LogP contribution >= 0.6 is 24.0 Å². The number of oxazole rings is 1. The number of hydrogen-bond donors (Lipinski definition) is 2. The smallest absolute Gasteiger partial charge is 0.226 e. The van der Waals surface area contributed by atoms with E-state index < -0.39 is 0 Å². The number of guanidine groups is 1. The fourth-order valence-electron chi connectivity index (χ4n) is 3.30. The van der Waals surface area contributed by atoms with E-state index in [9.17, 15) is 0 Å². The van der Waals surface area contributed by atoms with Crippen LogP contribution in [0, 0.1) is 6.92 Å². The Morgan fingerprint density at radius 3 is 2.65 bits per heavy atom. The highest BCUT2D eigenvalue weighted by Crippen LogP contribution is 2.19. The number of aryl methyl sites for hydroxylation is 1. The molecule has 0 atom stereocenters. The first-order chi connectivity index (χ1) is 14.7. The van der Waals surface area contributed by atoms with Crippen molar-refractivity contribution in [3.05, 3.63) is 83.9 Å². The van der Waals surface area contributed by atoms with Gasteiger partial charge in [-0.2, -0.15) is 0 Å². The summed E-state index contributed by atoms with van der Waals surface area (Å²) in [6.07, 6.45) is 4.37. The maximum absolute atomic E-state index is 5.62. The van der Waals surface area contributed by atoms with Crippen LogP contribution < -0.4 is 10.6 Å². The number of aromatic nitrogens is 2. The molecule has 2 N–H and O–H groups in total. The largest absolute Gasteiger partial charge is 0.444 e. The number of pyridine rings is 1. The van der Waals surface area contributed by atoms with Crippen molar-refractivity contribution in [2.75, 3.05) is 13.6 Å². The molecule has 31 heavy (non-hydrogen) atoms. The first-order valence-corrected chi connectivity index (χ1v) is 10.0. The second-order valence-corrected chi connectivity index (χ2v) is 7.10. The average molecular weight is 527 g/mol. The Morgan fingerprint density at radius 1 is 1.03 bits per heavy atom. The van der Waals surface area contributed by atoms with Crippen LogP contribution in [0.25, 0.3) is 22.4 Å². The van der Waals surface area contributed by atoms with Gasteiger partial charge in [-0.1, -0.05) is 42.0 Å². The monoisotopic (exact) mass is 527 g/mol. The van der Waals surface area contributed by atoms with Crippen LogP contribution in [0.3, 0.4) is 0 Å². The van der Waals surface area contributed by atoms with Gasteiger partial charge < -0.3 is 15.1 Å². The highest BCUT2D eigenvalue weighted by molar-refractivity contribution is 14.0. The number of hydrogen-bond acceptors (Lipinski definition) is 4. The molecule has 6 nitrogen and oxygen atoms in total. The normalized spacial score (nSPS) is 11.2. The second-order valence-electron chi connectivity index (χ2n) is 7.10. The average Bonchev–Trinajstić information content (AvgIpc) is 3.26. The zero-order chi connectivity index (χ0) is 20.8. The van der Waals surface area contributed by atoms with Crippen molar-refractivity contribution in [3.63, 3.8) is 0 Å². The third kappa shape index (κ3) is 5.81. The number of nitrogens with zero attached hydrogens (tertiary/aromatic N) is 3. The molecule has 7 heteroatoms. The van der Waals surface area contributed by atoms with Gasteiger partial charge >= 0.3 is 0 Å². The van der Waals surface area contributed by atoms with Crippen LogP contribution in [0.15, 0.2) is 76.5 Å². The molecule has 0 radical (unpaired) electrons. The predicted octanol–water partition coefficient (Wildman–Crippen LogP) is 4.72. The van der Waals surface area contributed by atoms with Gasteiger partial charge in [-0.05, 0) is 37.1 Å². The summed E-state index contributed by atoms with van der Waals surface area (Å²) in [5.41, 5.74) is 5.28. The van der Waals surface area contributed by atoms with Gasteiger partial charge in [0, 0.05) is 30.7 Å². The summed E-state index contributed by atoms with van der Waals surface area (Å²) in [5.74, 6) is 1.35. The lowest BCUT2D eigenvalue weighted by Gasteiger charge is -2.11. The molecular formula is C24H26IN5O. The molecule has 0 fully saturated rings. The van der Waals surface area contributed by atoms with Crippen LogP contribution in [0.5, 0.6) is 0 Å². The van der Waals surface area contributed by atoms with Crippen molar-refractivity contribution in [2.45, 2.75) is 19.9 Å². The molecule has 4 rings (SSSR count). The minimum absolute atomic E-state index is 0. The molecule has 0 spiro atoms. The zero-order valence-corrected chi connectivity index (χ0v) is 20.0. The van der Waals surface area contributed by atoms with Crippen LogP contribution in [-0.4, -0.2) is 29.5 Å². The van der Waals surface area contributed by atoms with Gasteiger partial charge in [0.1, 0.15) is 6.26 Å². The Balaban J connectivity index is 0.00000272. The van der Waals surface area contributed by atoms with Crippen molar-refractivity contribution < 1.29 is 4.42 Å². The Bertz CT molecular complexity index is 1150. The van der Waals surface area contributed by atoms with E-state index in [2.05, 4.69) is 68.9 Å². The van der Waals surface area contributed by atoms with Crippen LogP contribution in [0.2, 0.25) is 0 Å². The molecule has 0 amide bonds. The summed E-state index contributed by atoms with van der Waals surface area (Å²) in [4.78, 5) is 13.4. The molecule has 0 aliphatic rings. The van der Waals surface area contributed by atoms with Gasteiger partial charge in [0.15, 0.2) is 5.96 Å². The molecule has 0 saturated heterocycles. The number of fused-ring (bicyclic) bond motifs is 1. The van der Waals surface area contributed by atoms with Gasteiger partial charge in [0.25, 0.3) is 0 Å². The van der Waals surface area contributed by atoms with Crippen molar-refractivity contribution >= 4 is 40.8 Å². The van der Waals surface area contributed by atoms with Gasteiger partial charge in [0.2, 0.25) is 5.89 Å². The molecule has 0 bridgehead atoms. The molecule has 2 heterocycles. The van der Waals surface area contributed by atoms with Crippen molar-refractivity contribution in [1.29, 1.82) is 0 Å².